The van der Waals surface area contributed by atoms with E-state index >= 15 is 0 Å². The van der Waals surface area contributed by atoms with Crippen molar-refractivity contribution in [2.24, 2.45) is 0 Å². The first-order valence-corrected chi connectivity index (χ1v) is 4.74. The zero-order chi connectivity index (χ0) is 10.8. The summed E-state index contributed by atoms with van der Waals surface area (Å²) in [7, 11) is 1.60. The normalized spacial score (nSPS) is 10.8. The first-order valence-electron chi connectivity index (χ1n) is 4.74. The summed E-state index contributed by atoms with van der Waals surface area (Å²) >= 11 is 0. The number of ether oxygens (including phenoxy) is 1. The Bertz CT molecular complexity index is 497. The van der Waals surface area contributed by atoms with Gasteiger partial charge in [0.05, 0.1) is 6.61 Å². The van der Waals surface area contributed by atoms with E-state index in [1.54, 1.807) is 7.11 Å². The quantitative estimate of drug-likeness (QED) is 0.721. The number of carbonyl (C=O) groups excluding carboxylic acids is 1. The average molecular weight is 204 g/mol. The van der Waals surface area contributed by atoms with Gasteiger partial charge >= 0.3 is 0 Å². The van der Waals surface area contributed by atoms with Crippen molar-refractivity contribution in [3.8, 4) is 0 Å². The van der Waals surface area contributed by atoms with Crippen LogP contribution in [0.25, 0.3) is 11.0 Å². The van der Waals surface area contributed by atoms with Crippen LogP contribution in [0.15, 0.2) is 28.7 Å². The third-order valence-corrected chi connectivity index (χ3v) is 2.31. The summed E-state index contributed by atoms with van der Waals surface area (Å²) in [5.41, 5.74) is 1.57. The van der Waals surface area contributed by atoms with Gasteiger partial charge in [0.15, 0.2) is 11.5 Å². The van der Waals surface area contributed by atoms with E-state index in [4.69, 9.17) is 9.15 Å². The predicted octanol–water partition coefficient (Wildman–Crippen LogP) is 2.78. The van der Waals surface area contributed by atoms with Gasteiger partial charge in [-0.2, -0.15) is 0 Å². The number of benzene rings is 1. The van der Waals surface area contributed by atoms with E-state index in [-0.39, 0.29) is 5.78 Å². The molecule has 78 valence electrons. The van der Waals surface area contributed by atoms with Gasteiger partial charge in [-0.3, -0.25) is 4.79 Å². The largest absolute Gasteiger partial charge is 0.453 e. The molecule has 1 aromatic heterocycles. The highest BCUT2D eigenvalue weighted by Gasteiger charge is 2.16. The van der Waals surface area contributed by atoms with E-state index in [2.05, 4.69) is 0 Å². The predicted molar refractivity (Wildman–Crippen MR) is 56.9 cm³/mol. The molecule has 15 heavy (non-hydrogen) atoms. The molecule has 0 saturated carbocycles. The topological polar surface area (TPSA) is 39.4 Å². The fraction of sp³-hybridized carbons (Fsp3) is 0.250. The highest BCUT2D eigenvalue weighted by molar-refractivity contribution is 5.98. The molecule has 1 aromatic carbocycles. The second-order valence-corrected chi connectivity index (χ2v) is 3.40. The molecule has 0 amide bonds. The molecule has 2 aromatic rings. The first-order chi connectivity index (χ1) is 7.24. The molecule has 0 bridgehead atoms. The summed E-state index contributed by atoms with van der Waals surface area (Å²) in [5, 5.41) is 0.949. The van der Waals surface area contributed by atoms with Crippen LogP contribution in [0, 0.1) is 0 Å². The molecule has 0 spiro atoms. The molecule has 0 N–H and O–H groups in total. The van der Waals surface area contributed by atoms with Crippen molar-refractivity contribution in [2.45, 2.75) is 13.5 Å². The van der Waals surface area contributed by atoms with Crippen LogP contribution in [0.1, 0.15) is 23.0 Å². The molecule has 0 aliphatic rings. The Hall–Kier alpha value is -1.61. The maximum atomic E-state index is 11.4. The van der Waals surface area contributed by atoms with Gasteiger partial charge in [-0.25, -0.2) is 0 Å². The summed E-state index contributed by atoms with van der Waals surface area (Å²) in [6.45, 7) is 1.89. The molecule has 0 aliphatic heterocycles. The zero-order valence-electron chi connectivity index (χ0n) is 8.74. The van der Waals surface area contributed by atoms with Crippen molar-refractivity contribution in [1.82, 2.24) is 0 Å². The van der Waals surface area contributed by atoms with Crippen LogP contribution in [-0.2, 0) is 11.3 Å². The van der Waals surface area contributed by atoms with Crippen molar-refractivity contribution >= 4 is 16.8 Å². The Morgan fingerprint density at radius 1 is 1.40 bits per heavy atom. The summed E-state index contributed by atoms with van der Waals surface area (Å²) in [4.78, 5) is 11.4. The average Bonchev–Trinajstić information content (AvgIpc) is 2.58. The Balaban J connectivity index is 2.68. The lowest BCUT2D eigenvalue weighted by molar-refractivity contribution is 0.0982. The molecule has 0 unspecified atom stereocenters. The van der Waals surface area contributed by atoms with E-state index in [0.717, 1.165) is 16.5 Å². The minimum Gasteiger partial charge on any atom is -0.453 e. The summed E-state index contributed by atoms with van der Waals surface area (Å²) in [5.74, 6) is 0.330. The number of hydrogen-bond donors (Lipinski definition) is 0. The smallest absolute Gasteiger partial charge is 0.195 e. The minimum atomic E-state index is -0.0711. The van der Waals surface area contributed by atoms with Gasteiger partial charge in [-0.15, -0.1) is 0 Å². The van der Waals surface area contributed by atoms with E-state index in [0.29, 0.717) is 12.4 Å². The summed E-state index contributed by atoms with van der Waals surface area (Å²) in [6.07, 6.45) is 0. The van der Waals surface area contributed by atoms with E-state index in [9.17, 15) is 4.79 Å². The molecule has 3 heteroatoms. The van der Waals surface area contributed by atoms with Gasteiger partial charge in [0.25, 0.3) is 0 Å². The van der Waals surface area contributed by atoms with E-state index in [1.165, 1.54) is 6.92 Å². The van der Waals surface area contributed by atoms with Crippen molar-refractivity contribution in [2.75, 3.05) is 7.11 Å². The Kier molecular flexibility index (Phi) is 2.56. The number of carbonyl (C=O) groups is 1. The number of furan rings is 1. The van der Waals surface area contributed by atoms with Crippen molar-refractivity contribution in [3.05, 3.63) is 35.6 Å². The maximum absolute atomic E-state index is 11.4. The van der Waals surface area contributed by atoms with Crippen LogP contribution < -0.4 is 0 Å². The second-order valence-electron chi connectivity index (χ2n) is 3.40. The first kappa shape index (κ1) is 9.93. The standard InChI is InChI=1S/C12H12O3/c1-8(13)12-10(7-14-2)9-5-3-4-6-11(9)15-12/h3-6H,7H2,1-2H3. The Morgan fingerprint density at radius 3 is 2.80 bits per heavy atom. The van der Waals surface area contributed by atoms with Gasteiger partial charge in [0, 0.05) is 25.0 Å². The van der Waals surface area contributed by atoms with Crippen molar-refractivity contribution in [3.63, 3.8) is 0 Å². The van der Waals surface area contributed by atoms with E-state index in [1.807, 2.05) is 24.3 Å². The van der Waals surface area contributed by atoms with Crippen LogP contribution in [-0.4, -0.2) is 12.9 Å². The van der Waals surface area contributed by atoms with Gasteiger partial charge in [0.1, 0.15) is 5.58 Å². The fourth-order valence-electron chi connectivity index (χ4n) is 1.67. The van der Waals surface area contributed by atoms with Crippen LogP contribution in [0.3, 0.4) is 0 Å². The monoisotopic (exact) mass is 204 g/mol. The molecule has 0 aliphatic carbocycles. The van der Waals surface area contributed by atoms with Gasteiger partial charge in [0.2, 0.25) is 0 Å². The Morgan fingerprint density at radius 2 is 2.13 bits per heavy atom. The number of para-hydroxylation sites is 1. The summed E-state index contributed by atoms with van der Waals surface area (Å²) in [6, 6.07) is 7.58. The number of Topliss-reactive ketones (excluding diaryl/α,β-unsaturated/α-hetero) is 1. The number of ketones is 1. The molecular weight excluding hydrogens is 192 g/mol. The number of rotatable bonds is 3. The van der Waals surface area contributed by atoms with Crippen LogP contribution >= 0.6 is 0 Å². The van der Waals surface area contributed by atoms with Crippen molar-refractivity contribution < 1.29 is 13.9 Å². The third kappa shape index (κ3) is 1.66. The molecule has 1 heterocycles. The number of hydrogen-bond acceptors (Lipinski definition) is 3. The van der Waals surface area contributed by atoms with Crippen LogP contribution in [0.5, 0.6) is 0 Å². The van der Waals surface area contributed by atoms with Crippen molar-refractivity contribution in [1.29, 1.82) is 0 Å². The SMILES string of the molecule is COCc1c(C(C)=O)oc2ccccc12. The van der Waals surface area contributed by atoms with Crippen LogP contribution in [0.2, 0.25) is 0 Å². The molecular formula is C12H12O3. The lowest BCUT2D eigenvalue weighted by atomic mass is 10.1. The van der Waals surface area contributed by atoms with Gasteiger partial charge in [-0.1, -0.05) is 18.2 Å². The Labute approximate surface area is 87.6 Å². The lowest BCUT2D eigenvalue weighted by Gasteiger charge is -1.97. The number of fused-ring (bicyclic) bond motifs is 1. The fourth-order valence-corrected chi connectivity index (χ4v) is 1.67. The second kappa shape index (κ2) is 3.87. The molecule has 3 nitrogen and oxygen atoms in total. The maximum Gasteiger partial charge on any atom is 0.195 e. The van der Waals surface area contributed by atoms with E-state index < -0.39 is 0 Å². The third-order valence-electron chi connectivity index (χ3n) is 2.31. The highest BCUT2D eigenvalue weighted by Crippen LogP contribution is 2.26. The minimum absolute atomic E-state index is 0.0711. The molecule has 0 fully saturated rings. The van der Waals surface area contributed by atoms with Gasteiger partial charge < -0.3 is 9.15 Å². The number of methoxy groups -OCH3 is 1. The van der Waals surface area contributed by atoms with Crippen LogP contribution in [0.4, 0.5) is 0 Å². The highest BCUT2D eigenvalue weighted by atomic mass is 16.5. The molecule has 0 saturated heterocycles. The molecule has 2 rings (SSSR count). The lowest BCUT2D eigenvalue weighted by Crippen LogP contribution is -1.96. The zero-order valence-corrected chi connectivity index (χ0v) is 8.74. The summed E-state index contributed by atoms with van der Waals surface area (Å²) < 4.78 is 10.6. The molecule has 0 radical (unpaired) electrons. The van der Waals surface area contributed by atoms with Gasteiger partial charge in [-0.05, 0) is 6.07 Å². The molecule has 0 atom stereocenters.